The minimum Gasteiger partial charge on any atom is -0.394 e. The highest BCUT2D eigenvalue weighted by Crippen LogP contribution is 2.41. The molecule has 4 nitrogen and oxygen atoms in total. The smallest absolute Gasteiger partial charge is 0.317 e. The second-order valence-electron chi connectivity index (χ2n) is 5.10. The molecule has 0 aliphatic heterocycles. The summed E-state index contributed by atoms with van der Waals surface area (Å²) in [6.45, 7) is 1.77. The predicted octanol–water partition coefficient (Wildman–Crippen LogP) is 2.22. The van der Waals surface area contributed by atoms with Crippen molar-refractivity contribution >= 4 is 17.6 Å². The highest BCUT2D eigenvalue weighted by molar-refractivity contribution is 6.30. The lowest BCUT2D eigenvalue weighted by molar-refractivity contribution is 0.157. The average molecular weight is 283 g/mol. The second kappa shape index (κ2) is 5.80. The number of aliphatic hydroxyl groups is 1. The summed E-state index contributed by atoms with van der Waals surface area (Å²) in [6.07, 6.45) is 0.938. The van der Waals surface area contributed by atoms with Crippen LogP contribution in [0, 0.1) is 0 Å². The Labute approximate surface area is 118 Å². The first kappa shape index (κ1) is 14.2. The lowest BCUT2D eigenvalue weighted by Crippen LogP contribution is -2.44. The van der Waals surface area contributed by atoms with Crippen molar-refractivity contribution in [2.45, 2.75) is 31.3 Å². The molecule has 1 aromatic rings. The molecule has 3 unspecified atom stereocenters. The first-order chi connectivity index (χ1) is 9.02. The molecule has 1 saturated carbocycles. The van der Waals surface area contributed by atoms with Gasteiger partial charge in [0.25, 0.3) is 0 Å². The number of carbonyl (C=O) groups is 1. The van der Waals surface area contributed by atoms with Crippen LogP contribution in [0.3, 0.4) is 0 Å². The van der Waals surface area contributed by atoms with Gasteiger partial charge in [-0.2, -0.15) is 0 Å². The van der Waals surface area contributed by atoms with Gasteiger partial charge in [0.1, 0.15) is 0 Å². The van der Waals surface area contributed by atoms with Crippen LogP contribution < -0.4 is 5.32 Å². The van der Waals surface area contributed by atoms with Crippen LogP contribution in [0.4, 0.5) is 4.79 Å². The zero-order valence-electron chi connectivity index (χ0n) is 11.1. The lowest BCUT2D eigenvalue weighted by atomic mass is 10.1. The van der Waals surface area contributed by atoms with Gasteiger partial charge in [-0.15, -0.1) is 0 Å². The third-order valence-electron chi connectivity index (χ3n) is 3.62. The quantitative estimate of drug-likeness (QED) is 0.890. The molecule has 1 fully saturated rings. The van der Waals surface area contributed by atoms with Crippen molar-refractivity contribution in [2.75, 3.05) is 13.7 Å². The van der Waals surface area contributed by atoms with Crippen molar-refractivity contribution in [3.05, 3.63) is 34.9 Å². The molecule has 0 heterocycles. The number of benzene rings is 1. The molecule has 1 aliphatic carbocycles. The van der Waals surface area contributed by atoms with E-state index in [0.29, 0.717) is 5.92 Å². The Bertz CT molecular complexity index is 467. The summed E-state index contributed by atoms with van der Waals surface area (Å²) >= 11 is 5.96. The van der Waals surface area contributed by atoms with Crippen LogP contribution in [0.2, 0.25) is 5.02 Å². The van der Waals surface area contributed by atoms with E-state index in [0.717, 1.165) is 17.0 Å². The third kappa shape index (κ3) is 3.39. The molecule has 0 spiro atoms. The molecule has 3 atom stereocenters. The second-order valence-corrected chi connectivity index (χ2v) is 5.53. The topological polar surface area (TPSA) is 52.6 Å². The Kier molecular flexibility index (Phi) is 4.32. The molecule has 2 amide bonds. The van der Waals surface area contributed by atoms with Crippen molar-refractivity contribution < 1.29 is 9.90 Å². The number of hydrogen-bond donors (Lipinski definition) is 2. The van der Waals surface area contributed by atoms with Gasteiger partial charge in [-0.05, 0) is 31.0 Å². The standard InChI is InChI=1S/C14H19ClN2O2/c1-9(8-18)17(2)14(19)16-13-7-12(13)10-4-3-5-11(15)6-10/h3-6,9,12-13,18H,7-8H2,1-2H3,(H,16,19). The number of carbonyl (C=O) groups excluding carboxylic acids is 1. The summed E-state index contributed by atoms with van der Waals surface area (Å²) < 4.78 is 0. The molecule has 104 valence electrons. The van der Waals surface area contributed by atoms with E-state index < -0.39 is 0 Å². The predicted molar refractivity (Wildman–Crippen MR) is 75.4 cm³/mol. The number of nitrogens with zero attached hydrogens (tertiary/aromatic N) is 1. The molecule has 0 saturated heterocycles. The van der Waals surface area contributed by atoms with E-state index in [1.54, 1.807) is 14.0 Å². The van der Waals surface area contributed by atoms with Crippen LogP contribution in [0.1, 0.15) is 24.8 Å². The molecule has 0 aromatic heterocycles. The monoisotopic (exact) mass is 282 g/mol. The molecular formula is C14H19ClN2O2. The maximum Gasteiger partial charge on any atom is 0.317 e. The number of halogens is 1. The van der Waals surface area contributed by atoms with Crippen molar-refractivity contribution in [3.63, 3.8) is 0 Å². The fourth-order valence-electron chi connectivity index (χ4n) is 2.04. The SMILES string of the molecule is CC(CO)N(C)C(=O)NC1CC1c1cccc(Cl)c1. The van der Waals surface area contributed by atoms with Crippen molar-refractivity contribution in [2.24, 2.45) is 0 Å². The van der Waals surface area contributed by atoms with Gasteiger partial charge in [0.05, 0.1) is 12.6 Å². The van der Waals surface area contributed by atoms with E-state index in [1.807, 2.05) is 24.3 Å². The van der Waals surface area contributed by atoms with E-state index in [-0.39, 0.29) is 24.7 Å². The van der Waals surface area contributed by atoms with Gasteiger partial charge < -0.3 is 15.3 Å². The van der Waals surface area contributed by atoms with Crippen molar-refractivity contribution in [3.8, 4) is 0 Å². The fraction of sp³-hybridized carbons (Fsp3) is 0.500. The zero-order valence-corrected chi connectivity index (χ0v) is 11.9. The highest BCUT2D eigenvalue weighted by Gasteiger charge is 2.40. The maximum atomic E-state index is 11.9. The van der Waals surface area contributed by atoms with Gasteiger partial charge in [-0.3, -0.25) is 0 Å². The zero-order chi connectivity index (χ0) is 14.0. The number of likely N-dealkylation sites (N-methyl/N-ethyl adjacent to an activating group) is 1. The molecule has 1 aromatic carbocycles. The highest BCUT2D eigenvalue weighted by atomic mass is 35.5. The van der Waals surface area contributed by atoms with Gasteiger partial charge in [-0.1, -0.05) is 23.7 Å². The molecule has 0 bridgehead atoms. The first-order valence-electron chi connectivity index (χ1n) is 6.42. The van der Waals surface area contributed by atoms with Crippen molar-refractivity contribution in [1.82, 2.24) is 10.2 Å². The number of urea groups is 1. The fourth-order valence-corrected chi connectivity index (χ4v) is 2.24. The first-order valence-corrected chi connectivity index (χ1v) is 6.80. The summed E-state index contributed by atoms with van der Waals surface area (Å²) in [7, 11) is 1.69. The molecule has 5 heteroatoms. The van der Waals surface area contributed by atoms with Crippen LogP contribution in [0.15, 0.2) is 24.3 Å². The number of nitrogens with one attached hydrogen (secondary N) is 1. The molecule has 0 radical (unpaired) electrons. The van der Waals surface area contributed by atoms with E-state index in [1.165, 1.54) is 4.90 Å². The molecule has 19 heavy (non-hydrogen) atoms. The Hall–Kier alpha value is -1.26. The summed E-state index contributed by atoms with van der Waals surface area (Å²) in [5.41, 5.74) is 1.16. The summed E-state index contributed by atoms with van der Waals surface area (Å²) in [6, 6.07) is 7.59. The van der Waals surface area contributed by atoms with Crippen LogP contribution in [0.25, 0.3) is 0 Å². The summed E-state index contributed by atoms with van der Waals surface area (Å²) in [5.74, 6) is 0.348. The largest absolute Gasteiger partial charge is 0.394 e. The van der Waals surface area contributed by atoms with Crippen LogP contribution in [-0.4, -0.2) is 41.8 Å². The number of hydrogen-bond acceptors (Lipinski definition) is 2. The average Bonchev–Trinajstić information content (AvgIpc) is 3.16. The van der Waals surface area contributed by atoms with Gasteiger partial charge in [-0.25, -0.2) is 4.79 Å². The van der Waals surface area contributed by atoms with E-state index in [4.69, 9.17) is 16.7 Å². The van der Waals surface area contributed by atoms with Crippen LogP contribution in [0.5, 0.6) is 0 Å². The molecule has 1 aliphatic rings. The lowest BCUT2D eigenvalue weighted by Gasteiger charge is -2.23. The van der Waals surface area contributed by atoms with Gasteiger partial charge >= 0.3 is 6.03 Å². The molecular weight excluding hydrogens is 264 g/mol. The van der Waals surface area contributed by atoms with Crippen molar-refractivity contribution in [1.29, 1.82) is 0 Å². The van der Waals surface area contributed by atoms with Gasteiger partial charge in [0.2, 0.25) is 0 Å². The molecule has 2 rings (SSSR count). The van der Waals surface area contributed by atoms with Gasteiger partial charge in [0, 0.05) is 24.0 Å². The van der Waals surface area contributed by atoms with Crippen LogP contribution >= 0.6 is 11.6 Å². The summed E-state index contributed by atoms with van der Waals surface area (Å²) in [5, 5.41) is 12.7. The number of amides is 2. The Balaban J connectivity index is 1.89. The van der Waals surface area contributed by atoms with E-state index in [9.17, 15) is 4.79 Å². The Morgan fingerprint density at radius 2 is 2.37 bits per heavy atom. The third-order valence-corrected chi connectivity index (χ3v) is 3.86. The Morgan fingerprint density at radius 3 is 3.00 bits per heavy atom. The van der Waals surface area contributed by atoms with E-state index in [2.05, 4.69) is 5.32 Å². The minimum absolute atomic E-state index is 0.0354. The normalized spacial score (nSPS) is 22.7. The van der Waals surface area contributed by atoms with E-state index >= 15 is 0 Å². The Morgan fingerprint density at radius 1 is 1.63 bits per heavy atom. The molecule has 2 N–H and O–H groups in total. The minimum atomic E-state index is -0.177. The van der Waals surface area contributed by atoms with Gasteiger partial charge in [0.15, 0.2) is 0 Å². The maximum absolute atomic E-state index is 11.9. The number of rotatable bonds is 4. The number of aliphatic hydroxyl groups excluding tert-OH is 1. The van der Waals surface area contributed by atoms with Crippen LogP contribution in [-0.2, 0) is 0 Å². The summed E-state index contributed by atoms with van der Waals surface area (Å²) in [4.78, 5) is 13.4.